The van der Waals surface area contributed by atoms with Crippen molar-refractivity contribution in [2.75, 3.05) is 77.6 Å². The molecule has 0 spiro atoms. The molecule has 3 saturated heterocycles. The Morgan fingerprint density at radius 3 is 2.03 bits per heavy atom. The van der Waals surface area contributed by atoms with Crippen LogP contribution in [0, 0.1) is 0 Å². The van der Waals surface area contributed by atoms with Gasteiger partial charge in [0, 0.05) is 77.7 Å². The number of hydrogen-bond acceptors (Lipinski definition) is 30. The Labute approximate surface area is 587 Å². The summed E-state index contributed by atoms with van der Waals surface area (Å²) in [5.41, 5.74) is 0.792. The summed E-state index contributed by atoms with van der Waals surface area (Å²) in [4.78, 5) is 82.8. The largest absolute Gasteiger partial charge is 0.497 e. The zero-order valence-electron chi connectivity index (χ0n) is 54.7. The molecule has 12 N–H and O–H groups in total. The lowest BCUT2D eigenvalue weighted by Gasteiger charge is -2.42. The van der Waals surface area contributed by atoms with Crippen LogP contribution in [0.25, 0.3) is 21.7 Å². The van der Waals surface area contributed by atoms with Crippen LogP contribution in [0.2, 0.25) is 0 Å². The number of amides is 4. The summed E-state index contributed by atoms with van der Waals surface area (Å²) in [5, 5.41) is 124. The van der Waals surface area contributed by atoms with Crippen LogP contribution in [0.3, 0.4) is 0 Å². The van der Waals surface area contributed by atoms with E-state index in [1.165, 1.54) is 89.3 Å². The van der Waals surface area contributed by atoms with Gasteiger partial charge in [-0.2, -0.15) is 8.42 Å². The molecule has 11 rings (SSSR count). The first kappa shape index (κ1) is 75.4. The first-order valence-electron chi connectivity index (χ1n) is 31.8. The number of carbonyl (C=O) groups excluding carboxylic acids is 4. The molecule has 556 valence electrons. The summed E-state index contributed by atoms with van der Waals surface area (Å²) in [7, 11) is -2.47. The van der Waals surface area contributed by atoms with E-state index < -0.39 is 167 Å². The number of aliphatic hydroxyl groups is 9. The highest BCUT2D eigenvalue weighted by atomic mass is 35.5. The predicted molar refractivity (Wildman–Crippen MR) is 345 cm³/mol. The Morgan fingerprint density at radius 1 is 0.709 bits per heavy atom. The number of halogens is 1. The molecule has 5 aliphatic rings. The van der Waals surface area contributed by atoms with Crippen LogP contribution >= 0.6 is 11.6 Å². The Morgan fingerprint density at radius 2 is 1.36 bits per heavy atom. The number of H-pyrrole nitrogens is 1. The molecule has 2 aromatic heterocycles. The number of benzene rings is 4. The number of alkyl halides is 1. The number of anilines is 1. The molecule has 16 atom stereocenters. The second kappa shape index (κ2) is 31.7. The minimum atomic E-state index is -5.26. The number of aromatic amines is 1. The maximum atomic E-state index is 15.3. The second-order valence-electron chi connectivity index (χ2n) is 24.3. The third kappa shape index (κ3) is 15.9. The highest BCUT2D eigenvalue weighted by Gasteiger charge is 2.51. The van der Waals surface area contributed by atoms with Gasteiger partial charge in [0.1, 0.15) is 83.1 Å². The van der Waals surface area contributed by atoms with Crippen molar-refractivity contribution >= 4 is 84.6 Å². The first-order valence-corrected chi connectivity index (χ1v) is 33.8. The number of aliphatic hydroxyl groups excluding tert-OH is 9. The summed E-state index contributed by atoms with van der Waals surface area (Å²) < 4.78 is 94.5. The monoisotopic (exact) mass is 1490 g/mol. The topological polar surface area (TPSA) is 517 Å². The average molecular weight is 1490 g/mol. The Balaban J connectivity index is 0.839. The Hall–Kier alpha value is -8.78. The number of rotatable bonds is 29. The van der Waals surface area contributed by atoms with Crippen LogP contribution in [0.15, 0.2) is 83.9 Å². The number of ether oxygens (including phenoxy) is 10. The van der Waals surface area contributed by atoms with E-state index in [0.29, 0.717) is 16.6 Å². The Bertz CT molecular complexity index is 4290. The number of methoxy groups -OCH3 is 1. The maximum absolute atomic E-state index is 15.3. The fourth-order valence-corrected chi connectivity index (χ4v) is 13.4. The van der Waals surface area contributed by atoms with Crippen molar-refractivity contribution in [2.45, 2.75) is 123 Å². The van der Waals surface area contributed by atoms with Crippen molar-refractivity contribution < 1.29 is 145 Å². The van der Waals surface area contributed by atoms with Gasteiger partial charge in [-0.25, -0.2) is 14.3 Å². The smallest absolute Gasteiger partial charge is 0.340 e. The van der Waals surface area contributed by atoms with Gasteiger partial charge in [0.2, 0.25) is 12.6 Å². The van der Waals surface area contributed by atoms with Crippen molar-refractivity contribution in [2.24, 2.45) is 0 Å². The van der Waals surface area contributed by atoms with Gasteiger partial charge in [0.25, 0.3) is 23.6 Å². The summed E-state index contributed by atoms with van der Waals surface area (Å²) >= 11 is 6.68. The van der Waals surface area contributed by atoms with Gasteiger partial charge in [-0.05, 0) is 72.5 Å². The quantitative estimate of drug-likeness (QED) is 0.0101. The van der Waals surface area contributed by atoms with E-state index in [0.717, 1.165) is 17.0 Å². The number of imide groups is 1. The maximum Gasteiger partial charge on any atom is 0.340 e. The third-order valence-corrected chi connectivity index (χ3v) is 19.2. The summed E-state index contributed by atoms with van der Waals surface area (Å²) in [6.07, 6.45) is -26.0. The van der Waals surface area contributed by atoms with Gasteiger partial charge in [0.15, 0.2) is 41.5 Å². The summed E-state index contributed by atoms with van der Waals surface area (Å²) in [5.74, 6) is -7.78. The lowest BCUT2D eigenvalue weighted by molar-refractivity contribution is -0.318. The molecule has 0 aliphatic carbocycles. The minimum Gasteiger partial charge on any atom is -0.497 e. The van der Waals surface area contributed by atoms with Gasteiger partial charge in [-0.15, -0.1) is 16.7 Å². The van der Waals surface area contributed by atoms with E-state index >= 15 is 13.2 Å². The molecule has 0 bridgehead atoms. The zero-order valence-corrected chi connectivity index (χ0v) is 56.2. The van der Waals surface area contributed by atoms with Gasteiger partial charge in [0.05, 0.1) is 66.0 Å². The fraction of sp³-hybridized carbons (Fsp3) is 0.469. The molecular weight excluding hydrogens is 1410 g/mol. The molecule has 39 heteroatoms. The molecule has 4 aromatic carbocycles. The van der Waals surface area contributed by atoms with Gasteiger partial charge in [-0.1, -0.05) is 5.21 Å². The molecule has 0 radical (unpaired) electrons. The van der Waals surface area contributed by atoms with Crippen LogP contribution in [0.1, 0.15) is 44.9 Å². The number of carboxylic acid groups (broad SMARTS) is 2. The number of likely N-dealkylation sites (N-methyl/N-ethyl adjacent to an activating group) is 1. The molecule has 7 heterocycles. The molecule has 103 heavy (non-hydrogen) atoms. The van der Waals surface area contributed by atoms with Gasteiger partial charge >= 0.3 is 22.1 Å². The lowest BCUT2D eigenvalue weighted by Crippen LogP contribution is -2.62. The second-order valence-corrected chi connectivity index (χ2v) is 26.1. The summed E-state index contributed by atoms with van der Waals surface area (Å²) in [6, 6.07) is 13.1. The van der Waals surface area contributed by atoms with Crippen molar-refractivity contribution in [1.29, 1.82) is 0 Å². The molecule has 3 fully saturated rings. The van der Waals surface area contributed by atoms with Crippen LogP contribution in [0.4, 0.5) is 5.69 Å². The van der Waals surface area contributed by atoms with E-state index in [1.54, 1.807) is 13.1 Å². The van der Waals surface area contributed by atoms with Crippen molar-refractivity contribution in [3.05, 3.63) is 102 Å². The highest BCUT2D eigenvalue weighted by molar-refractivity contribution is 7.87. The fourth-order valence-electron chi connectivity index (χ4n) is 12.0. The van der Waals surface area contributed by atoms with E-state index in [4.69, 9.17) is 63.2 Å². The van der Waals surface area contributed by atoms with Crippen molar-refractivity contribution in [3.8, 4) is 28.7 Å². The van der Waals surface area contributed by atoms with E-state index in [1.807, 2.05) is 0 Å². The third-order valence-electron chi connectivity index (χ3n) is 17.5. The number of aromatic nitrogens is 4. The normalized spacial score (nSPS) is 27.1. The number of carbonyl (C=O) groups is 6. The molecule has 0 saturated carbocycles. The molecular formula is C64H72ClN7O30S. The van der Waals surface area contributed by atoms with E-state index in [2.05, 4.69) is 15.3 Å². The summed E-state index contributed by atoms with van der Waals surface area (Å²) in [6.45, 7) is 1.21. The predicted octanol–water partition coefficient (Wildman–Crippen LogP) is -2.33. The standard InChI is InChI=1S/C64H72ClN7O30S/c1-4-95-39-19-29-17-36(66-35(29)21-40(39)98-63-54(82)48(76)47(75)42(99-63)27-96-62-53(81)49(77)51(79)56(100-62)60(86)87)59(85)72-24-30(23-65)46-34-20-32(92-3)6-7-33(34)43(22-37(46)72)103(90,91)102-41-18-28(5-8-38(41)97-64-55(83)50(78)52(80)57(101-64)61(88)89)58(84)69(2)11-14-93-15-12-70-25-31(67-68-70)26-94-16-13-71-44(73)9-10-45(71)74/h5-10,17-22,25,30,42,47-57,62-64,66,75-83H,4,11-16,23-24,26-27H2,1-3H3,(H,86,87)(H,88,89)/t30-,42-,47+,48+,49+,50+,51+,52+,53-,54-,55-,56?,57+,62-,63-,64-/m1/s1. The van der Waals surface area contributed by atoms with E-state index in [-0.39, 0.29) is 116 Å². The molecule has 6 aromatic rings. The van der Waals surface area contributed by atoms with Crippen LogP contribution in [-0.2, 0) is 70.9 Å². The van der Waals surface area contributed by atoms with Gasteiger partial charge in [-0.3, -0.25) is 24.1 Å². The highest BCUT2D eigenvalue weighted by Crippen LogP contribution is 2.47. The number of hydrogen-bond donors (Lipinski definition) is 12. The number of carboxylic acids is 2. The van der Waals surface area contributed by atoms with Gasteiger partial charge < -0.3 is 123 Å². The van der Waals surface area contributed by atoms with E-state index in [9.17, 15) is 80.1 Å². The SMILES string of the molecule is CCOc1cc2cc(C(=O)N3C[C@@H](CCl)c4c3cc(S(=O)(=O)Oc3cc(C(=O)N(C)CCOCCn5cc(COCCN6C(=O)C=CC6=O)nn5)ccc3O[C@@H]3O[C@H](C(=O)O)[C@@H](O)[C@H](O)[C@H]3O)c3ccc(OC)cc43)[nH]c2cc1O[C@@H]1O[C@H](CO[C@@H]2OC(C(=O)O)[C@@H](O)[C@H](O)[C@H]2O)[C@H](O)[C@H](O)[C@H]1O. The van der Waals surface area contributed by atoms with Crippen LogP contribution < -0.4 is 28.0 Å². The number of nitrogens with one attached hydrogen (secondary N) is 1. The molecule has 5 aliphatic heterocycles. The molecule has 1 unspecified atom stereocenters. The van der Waals surface area contributed by atoms with Crippen molar-refractivity contribution in [3.63, 3.8) is 0 Å². The average Bonchev–Trinajstić information content (AvgIpc) is 1.59. The number of nitrogens with zero attached hydrogens (tertiary/aromatic N) is 6. The van der Waals surface area contributed by atoms with Crippen molar-refractivity contribution in [1.82, 2.24) is 29.8 Å². The first-order chi connectivity index (χ1) is 49.1. The molecule has 37 nitrogen and oxygen atoms in total. The number of aliphatic carboxylic acids is 2. The minimum absolute atomic E-state index is 0.0122. The zero-order chi connectivity index (χ0) is 74.0. The number of fused-ring (bicyclic) bond motifs is 4. The Kier molecular flexibility index (Phi) is 23.2. The lowest BCUT2D eigenvalue weighted by atomic mass is 9.95. The molecule has 4 amide bonds. The van der Waals surface area contributed by atoms with Crippen LogP contribution in [0.5, 0.6) is 28.7 Å². The van der Waals surface area contributed by atoms with Crippen LogP contribution in [-0.4, -0.2) is 295 Å².